The number of rotatable bonds is 4. The van der Waals surface area contributed by atoms with E-state index in [0.29, 0.717) is 18.5 Å². The molecule has 7 heteroatoms. The zero-order valence-corrected chi connectivity index (χ0v) is 12.6. The molecule has 2 aliphatic heterocycles. The molecule has 124 valence electrons. The van der Waals surface area contributed by atoms with E-state index >= 15 is 0 Å². The molecular formula is C16H18F3N3O. The number of hydrogen-bond donors (Lipinski definition) is 0. The van der Waals surface area contributed by atoms with Gasteiger partial charge in [-0.2, -0.15) is 0 Å². The Morgan fingerprint density at radius 1 is 1.30 bits per heavy atom. The zero-order chi connectivity index (χ0) is 16.2. The summed E-state index contributed by atoms with van der Waals surface area (Å²) in [5, 5.41) is 3.15. The van der Waals surface area contributed by atoms with Crippen molar-refractivity contribution in [2.45, 2.75) is 38.2 Å². The van der Waals surface area contributed by atoms with Gasteiger partial charge >= 0.3 is 0 Å². The van der Waals surface area contributed by atoms with Crippen LogP contribution in [0, 0.1) is 17.2 Å². The fourth-order valence-corrected chi connectivity index (χ4v) is 3.90. The van der Waals surface area contributed by atoms with Crippen LogP contribution < -0.4 is 0 Å². The molecule has 1 amide bonds. The van der Waals surface area contributed by atoms with Crippen molar-refractivity contribution < 1.29 is 18.0 Å². The van der Waals surface area contributed by atoms with Gasteiger partial charge in [-0.3, -0.25) is 14.8 Å². The molecule has 2 saturated heterocycles. The highest BCUT2D eigenvalue weighted by molar-refractivity contribution is 5.86. The number of nitrogens with zero attached hydrogens (tertiary/aromatic N) is 3. The summed E-state index contributed by atoms with van der Waals surface area (Å²) < 4.78 is 41.0. The normalized spacial score (nSPS) is 31.2. The molecule has 4 nitrogen and oxygen atoms in total. The summed E-state index contributed by atoms with van der Waals surface area (Å²) in [5.41, 5.74) is -1.03. The van der Waals surface area contributed by atoms with E-state index in [9.17, 15) is 18.0 Å². The van der Waals surface area contributed by atoms with Crippen molar-refractivity contribution in [3.8, 4) is 0 Å². The summed E-state index contributed by atoms with van der Waals surface area (Å²) in [6.45, 7) is 0.602. The summed E-state index contributed by atoms with van der Waals surface area (Å²) in [6.07, 6.45) is 2.65. The number of halogens is 3. The van der Waals surface area contributed by atoms with Gasteiger partial charge in [0.15, 0.2) is 0 Å². The number of fused-ring (bicyclic) bond motifs is 1. The van der Waals surface area contributed by atoms with E-state index in [-0.39, 0.29) is 18.9 Å². The average molecular weight is 325 g/mol. The Labute approximate surface area is 132 Å². The second-order valence-corrected chi connectivity index (χ2v) is 6.88. The SMILES string of the molecule is O=C1N2[C@@H](c3cncc(F)c3)CCN2C[C@@]1(CC1CC1)C(F)F. The van der Waals surface area contributed by atoms with Crippen molar-refractivity contribution in [1.29, 1.82) is 0 Å². The molecule has 1 saturated carbocycles. The van der Waals surface area contributed by atoms with Gasteiger partial charge in [0, 0.05) is 19.3 Å². The van der Waals surface area contributed by atoms with Crippen molar-refractivity contribution >= 4 is 5.91 Å². The number of carbonyl (C=O) groups excluding carboxylic acids is 1. The Morgan fingerprint density at radius 2 is 2.09 bits per heavy atom. The van der Waals surface area contributed by atoms with Gasteiger partial charge in [0.2, 0.25) is 0 Å². The van der Waals surface area contributed by atoms with Crippen molar-refractivity contribution in [2.24, 2.45) is 11.3 Å². The summed E-state index contributed by atoms with van der Waals surface area (Å²) >= 11 is 0. The summed E-state index contributed by atoms with van der Waals surface area (Å²) in [5.74, 6) is -0.750. The number of amides is 1. The maximum Gasteiger partial charge on any atom is 0.254 e. The fraction of sp³-hybridized carbons (Fsp3) is 0.625. The van der Waals surface area contributed by atoms with E-state index in [1.165, 1.54) is 17.3 Å². The quantitative estimate of drug-likeness (QED) is 0.854. The first kappa shape index (κ1) is 14.9. The summed E-state index contributed by atoms with van der Waals surface area (Å²) in [4.78, 5) is 16.7. The first-order chi connectivity index (χ1) is 11.0. The van der Waals surface area contributed by atoms with E-state index in [0.717, 1.165) is 19.0 Å². The number of alkyl halides is 2. The number of pyridine rings is 1. The number of carbonyl (C=O) groups is 1. The van der Waals surface area contributed by atoms with Crippen LogP contribution in [0.25, 0.3) is 0 Å². The van der Waals surface area contributed by atoms with Gasteiger partial charge in [0.25, 0.3) is 12.3 Å². The number of aromatic nitrogens is 1. The molecule has 1 aromatic heterocycles. The summed E-state index contributed by atoms with van der Waals surface area (Å²) in [7, 11) is 0. The molecule has 1 aromatic rings. The van der Waals surface area contributed by atoms with Crippen molar-refractivity contribution in [2.75, 3.05) is 13.1 Å². The molecule has 0 radical (unpaired) electrons. The minimum atomic E-state index is -2.67. The maximum atomic E-state index is 13.8. The predicted molar refractivity (Wildman–Crippen MR) is 75.8 cm³/mol. The van der Waals surface area contributed by atoms with Crippen LogP contribution in [0.5, 0.6) is 0 Å². The lowest BCUT2D eigenvalue weighted by Gasteiger charge is -2.28. The monoisotopic (exact) mass is 325 g/mol. The Kier molecular flexibility index (Phi) is 3.37. The minimum absolute atomic E-state index is 0.0687. The second-order valence-electron chi connectivity index (χ2n) is 6.88. The van der Waals surface area contributed by atoms with Gasteiger partial charge in [-0.25, -0.2) is 18.2 Å². The fourth-order valence-electron chi connectivity index (χ4n) is 3.90. The van der Waals surface area contributed by atoms with Gasteiger partial charge in [0.05, 0.1) is 12.2 Å². The van der Waals surface area contributed by atoms with Crippen LogP contribution in [0.1, 0.15) is 37.3 Å². The molecule has 4 rings (SSSR count). The first-order valence-electron chi connectivity index (χ1n) is 7.98. The van der Waals surface area contributed by atoms with Gasteiger partial charge in [0.1, 0.15) is 11.2 Å². The van der Waals surface area contributed by atoms with Crippen LogP contribution in [0.4, 0.5) is 13.2 Å². The average Bonchev–Trinajstić information content (AvgIpc) is 3.15. The van der Waals surface area contributed by atoms with Crippen molar-refractivity contribution in [3.05, 3.63) is 29.8 Å². The molecule has 3 heterocycles. The lowest BCUT2D eigenvalue weighted by molar-refractivity contribution is -0.149. The Hall–Kier alpha value is -1.63. The van der Waals surface area contributed by atoms with Gasteiger partial charge in [-0.1, -0.05) is 12.8 Å². The minimum Gasteiger partial charge on any atom is -0.272 e. The van der Waals surface area contributed by atoms with E-state index in [4.69, 9.17) is 0 Å². The lowest BCUT2D eigenvalue weighted by Crippen LogP contribution is -2.42. The largest absolute Gasteiger partial charge is 0.272 e. The van der Waals surface area contributed by atoms with Crippen molar-refractivity contribution in [3.63, 3.8) is 0 Å². The molecule has 2 atom stereocenters. The number of hydrazine groups is 1. The second kappa shape index (κ2) is 5.19. The maximum absolute atomic E-state index is 13.8. The van der Waals surface area contributed by atoms with Gasteiger partial charge < -0.3 is 0 Å². The van der Waals surface area contributed by atoms with Crippen LogP contribution in [0.2, 0.25) is 0 Å². The summed E-state index contributed by atoms with van der Waals surface area (Å²) in [6, 6.07) is 0.933. The van der Waals surface area contributed by atoms with E-state index in [1.54, 1.807) is 5.01 Å². The van der Waals surface area contributed by atoms with Crippen LogP contribution in [0.15, 0.2) is 18.5 Å². The molecule has 0 aromatic carbocycles. The predicted octanol–water partition coefficient (Wildman–Crippen LogP) is 2.78. The highest BCUT2D eigenvalue weighted by Gasteiger charge is 2.61. The van der Waals surface area contributed by atoms with Crippen molar-refractivity contribution in [1.82, 2.24) is 15.0 Å². The molecule has 3 aliphatic rings. The third-order valence-electron chi connectivity index (χ3n) is 5.24. The highest BCUT2D eigenvalue weighted by atomic mass is 19.3. The van der Waals surface area contributed by atoms with Crippen LogP contribution in [-0.4, -0.2) is 40.4 Å². The van der Waals surface area contributed by atoms with Crippen LogP contribution in [0.3, 0.4) is 0 Å². The van der Waals surface area contributed by atoms with Crippen LogP contribution in [-0.2, 0) is 4.79 Å². The number of hydrogen-bond acceptors (Lipinski definition) is 3. The topological polar surface area (TPSA) is 36.4 Å². The molecule has 1 aliphatic carbocycles. The third kappa shape index (κ3) is 2.33. The molecule has 23 heavy (non-hydrogen) atoms. The standard InChI is InChI=1S/C16H18F3N3O/c17-12-5-11(7-20-8-12)13-3-4-21-9-16(14(18)19,6-10-1-2-10)15(23)22(13)21/h5,7-8,10,13-14H,1-4,6,9H2/t13-,16+/m1/s1. The molecular weight excluding hydrogens is 307 g/mol. The molecule has 3 fully saturated rings. The Bertz CT molecular complexity index is 637. The van der Waals surface area contributed by atoms with E-state index in [2.05, 4.69) is 4.98 Å². The Balaban J connectivity index is 1.65. The first-order valence-corrected chi connectivity index (χ1v) is 7.98. The van der Waals surface area contributed by atoms with Crippen LogP contribution >= 0.6 is 0 Å². The lowest BCUT2D eigenvalue weighted by atomic mass is 9.82. The van der Waals surface area contributed by atoms with E-state index < -0.39 is 29.6 Å². The molecule has 0 spiro atoms. The van der Waals surface area contributed by atoms with E-state index in [1.807, 2.05) is 0 Å². The van der Waals surface area contributed by atoms with Gasteiger partial charge in [-0.15, -0.1) is 0 Å². The highest BCUT2D eigenvalue weighted by Crippen LogP contribution is 2.51. The zero-order valence-electron chi connectivity index (χ0n) is 12.6. The molecule has 0 N–H and O–H groups in total. The Morgan fingerprint density at radius 3 is 2.74 bits per heavy atom. The van der Waals surface area contributed by atoms with Gasteiger partial charge in [-0.05, 0) is 30.4 Å². The molecule has 0 unspecified atom stereocenters. The third-order valence-corrected chi connectivity index (χ3v) is 5.24. The smallest absolute Gasteiger partial charge is 0.254 e. The molecule has 0 bridgehead atoms.